The highest BCUT2D eigenvalue weighted by Crippen LogP contribution is 2.60. The van der Waals surface area contributed by atoms with Gasteiger partial charge in [0.15, 0.2) is 0 Å². The molecule has 4 rings (SSSR count). The Labute approximate surface area is 232 Å². The number of benzene rings is 1. The Morgan fingerprint density at radius 3 is 2.41 bits per heavy atom. The second-order valence-electron chi connectivity index (χ2n) is 11.9. The van der Waals surface area contributed by atoms with Crippen LogP contribution >= 0.6 is 0 Å². The summed E-state index contributed by atoms with van der Waals surface area (Å²) in [5, 5.41) is 10.6. The Hall–Kier alpha value is -2.97. The minimum atomic E-state index is -1.14. The number of aliphatic hydroxyl groups excluding tert-OH is 1. The zero-order chi connectivity index (χ0) is 28.5. The third-order valence-electron chi connectivity index (χ3n) is 8.49. The van der Waals surface area contributed by atoms with Crippen LogP contribution in [0.2, 0.25) is 0 Å². The Morgan fingerprint density at radius 1 is 1.18 bits per heavy atom. The molecule has 1 N–H and O–H groups in total. The molecular weight excluding hydrogens is 494 g/mol. The third kappa shape index (κ3) is 4.82. The minimum absolute atomic E-state index is 0.131. The van der Waals surface area contributed by atoms with Gasteiger partial charge in [-0.05, 0) is 45.6 Å². The van der Waals surface area contributed by atoms with E-state index in [1.54, 1.807) is 22.0 Å². The van der Waals surface area contributed by atoms with Crippen molar-refractivity contribution in [2.24, 2.45) is 11.8 Å². The summed E-state index contributed by atoms with van der Waals surface area (Å²) in [6.45, 7) is 16.4. The highest BCUT2D eigenvalue weighted by molar-refractivity contribution is 5.99. The van der Waals surface area contributed by atoms with Gasteiger partial charge in [0.2, 0.25) is 17.7 Å². The van der Waals surface area contributed by atoms with Gasteiger partial charge in [0, 0.05) is 25.2 Å². The molecule has 0 aromatic heterocycles. The first-order valence-electron chi connectivity index (χ1n) is 14.0. The summed E-state index contributed by atoms with van der Waals surface area (Å²) >= 11 is 0. The largest absolute Gasteiger partial charge is 0.394 e. The summed E-state index contributed by atoms with van der Waals surface area (Å²) in [4.78, 5) is 48.0. The third-order valence-corrected chi connectivity index (χ3v) is 8.49. The van der Waals surface area contributed by atoms with Crippen LogP contribution in [-0.4, -0.2) is 87.1 Å². The van der Waals surface area contributed by atoms with Crippen LogP contribution in [0.1, 0.15) is 58.6 Å². The van der Waals surface area contributed by atoms with Gasteiger partial charge in [0.05, 0.1) is 30.6 Å². The van der Waals surface area contributed by atoms with Gasteiger partial charge in [0.25, 0.3) is 0 Å². The second kappa shape index (κ2) is 11.3. The van der Waals surface area contributed by atoms with E-state index in [4.69, 9.17) is 4.74 Å². The number of hydrogen-bond acceptors (Lipinski definition) is 5. The predicted octanol–water partition coefficient (Wildman–Crippen LogP) is 3.33. The topological polar surface area (TPSA) is 90.4 Å². The van der Waals surface area contributed by atoms with Crippen LogP contribution in [0.15, 0.2) is 55.6 Å². The molecule has 212 valence electrons. The Kier molecular flexibility index (Phi) is 8.38. The fourth-order valence-corrected chi connectivity index (χ4v) is 6.92. The van der Waals surface area contributed by atoms with E-state index in [9.17, 15) is 19.5 Å². The number of carbonyl (C=O) groups excluding carboxylic acids is 3. The molecule has 0 radical (unpaired) electrons. The van der Waals surface area contributed by atoms with E-state index in [0.717, 1.165) is 12.0 Å². The molecule has 0 saturated carbocycles. The van der Waals surface area contributed by atoms with E-state index in [1.165, 1.54) is 4.90 Å². The van der Waals surface area contributed by atoms with Gasteiger partial charge >= 0.3 is 0 Å². The van der Waals surface area contributed by atoms with Crippen LogP contribution in [0.3, 0.4) is 0 Å². The molecule has 1 aromatic rings. The zero-order valence-electron chi connectivity index (χ0n) is 23.7. The summed E-state index contributed by atoms with van der Waals surface area (Å²) in [5.41, 5.74) is -0.965. The van der Waals surface area contributed by atoms with Gasteiger partial charge in [0.1, 0.15) is 11.6 Å². The molecule has 1 spiro atoms. The van der Waals surface area contributed by atoms with Crippen molar-refractivity contribution in [1.29, 1.82) is 0 Å². The first-order valence-corrected chi connectivity index (χ1v) is 14.0. The first kappa shape index (κ1) is 29.0. The van der Waals surface area contributed by atoms with E-state index in [2.05, 4.69) is 13.2 Å². The summed E-state index contributed by atoms with van der Waals surface area (Å²) in [5.74, 6) is -2.17. The minimum Gasteiger partial charge on any atom is -0.394 e. The molecule has 39 heavy (non-hydrogen) atoms. The lowest BCUT2D eigenvalue weighted by molar-refractivity contribution is -0.155. The molecule has 3 fully saturated rings. The lowest BCUT2D eigenvalue weighted by Gasteiger charge is -2.43. The van der Waals surface area contributed by atoms with Crippen molar-refractivity contribution in [3.05, 3.63) is 61.2 Å². The second-order valence-corrected chi connectivity index (χ2v) is 11.9. The molecule has 1 aromatic carbocycles. The van der Waals surface area contributed by atoms with Gasteiger partial charge in [-0.1, -0.05) is 49.4 Å². The van der Waals surface area contributed by atoms with Crippen molar-refractivity contribution in [3.8, 4) is 0 Å². The summed E-state index contributed by atoms with van der Waals surface area (Å²) < 4.78 is 6.64. The quantitative estimate of drug-likeness (QED) is 0.438. The number of likely N-dealkylation sites (tertiary alicyclic amines) is 1. The van der Waals surface area contributed by atoms with Crippen LogP contribution in [0.5, 0.6) is 0 Å². The van der Waals surface area contributed by atoms with Crippen molar-refractivity contribution >= 4 is 17.7 Å². The van der Waals surface area contributed by atoms with E-state index in [1.807, 2.05) is 58.0 Å². The number of aliphatic hydroxyl groups is 1. The van der Waals surface area contributed by atoms with Crippen LogP contribution in [0.4, 0.5) is 0 Å². The summed E-state index contributed by atoms with van der Waals surface area (Å²) in [6, 6.07) is 7.53. The van der Waals surface area contributed by atoms with Crippen molar-refractivity contribution in [3.63, 3.8) is 0 Å². The predicted molar refractivity (Wildman–Crippen MR) is 149 cm³/mol. The number of ether oxygens (including phenoxy) is 1. The van der Waals surface area contributed by atoms with E-state index in [-0.39, 0.29) is 24.3 Å². The lowest BCUT2D eigenvalue weighted by atomic mass is 9.70. The molecule has 3 aliphatic heterocycles. The summed E-state index contributed by atoms with van der Waals surface area (Å²) in [6.07, 6.45) is 4.81. The number of carbonyl (C=O) groups is 3. The number of rotatable bonds is 11. The maximum Gasteiger partial charge on any atom is 0.249 e. The van der Waals surface area contributed by atoms with Gasteiger partial charge in [-0.2, -0.15) is 0 Å². The molecule has 8 nitrogen and oxygen atoms in total. The number of fused-ring (bicyclic) bond motifs is 1. The molecule has 2 unspecified atom stereocenters. The van der Waals surface area contributed by atoms with E-state index >= 15 is 0 Å². The molecule has 2 bridgehead atoms. The number of nitrogens with zero attached hydrogens (tertiary/aromatic N) is 3. The SMILES string of the molecule is C=CCN(CCC)C(=O)[C@@H]1[C@@H]2CCC3(O2)C(C(=O)N(CC=C)C(C)(C)C)N([C@H](CO)c2ccccc2)C(=O)[C@H]13. The molecular formula is C31H43N3O5. The Bertz CT molecular complexity index is 1100. The molecule has 3 aliphatic rings. The van der Waals surface area contributed by atoms with Crippen LogP contribution in [-0.2, 0) is 19.1 Å². The number of amides is 3. The van der Waals surface area contributed by atoms with Gasteiger partial charge in [-0.3, -0.25) is 14.4 Å². The Morgan fingerprint density at radius 2 is 1.85 bits per heavy atom. The van der Waals surface area contributed by atoms with Crippen LogP contribution < -0.4 is 0 Å². The summed E-state index contributed by atoms with van der Waals surface area (Å²) in [7, 11) is 0. The fourth-order valence-electron chi connectivity index (χ4n) is 6.92. The normalized spacial score (nSPS) is 28.2. The molecule has 3 heterocycles. The van der Waals surface area contributed by atoms with E-state index in [0.29, 0.717) is 32.5 Å². The first-order chi connectivity index (χ1) is 18.6. The van der Waals surface area contributed by atoms with Crippen molar-refractivity contribution < 1.29 is 24.2 Å². The van der Waals surface area contributed by atoms with Crippen LogP contribution in [0, 0.1) is 11.8 Å². The van der Waals surface area contributed by atoms with E-state index < -0.39 is 41.2 Å². The maximum atomic E-state index is 14.5. The molecule has 6 atom stereocenters. The lowest BCUT2D eigenvalue weighted by Crippen LogP contribution is -2.60. The van der Waals surface area contributed by atoms with Crippen molar-refractivity contribution in [1.82, 2.24) is 14.7 Å². The monoisotopic (exact) mass is 537 g/mol. The highest BCUT2D eigenvalue weighted by atomic mass is 16.5. The number of hydrogen-bond donors (Lipinski definition) is 1. The average molecular weight is 538 g/mol. The fraction of sp³-hybridized carbons (Fsp3) is 0.581. The average Bonchev–Trinajstić information content (AvgIpc) is 3.54. The smallest absolute Gasteiger partial charge is 0.249 e. The highest BCUT2D eigenvalue weighted by Gasteiger charge is 2.75. The maximum absolute atomic E-state index is 14.5. The van der Waals surface area contributed by atoms with Crippen molar-refractivity contribution in [2.75, 3.05) is 26.2 Å². The standard InChI is InChI=1S/C31H43N3O5/c1-7-17-32(18-8-2)27(36)24-23-15-16-31(39-23)25(24)28(37)34(22(20-35)21-13-11-10-12-14-21)26(31)29(38)33(19-9-3)30(4,5)6/h7,9-14,22-26,35H,1,3,8,15-20H2,2,4-6H3/t22-,23+,24-,25+,26?,31?/m1/s1. The zero-order valence-corrected chi connectivity index (χ0v) is 23.7. The van der Waals surface area contributed by atoms with Gasteiger partial charge in [-0.15, -0.1) is 13.2 Å². The van der Waals surface area contributed by atoms with Crippen molar-refractivity contribution in [2.45, 2.75) is 76.3 Å². The molecule has 8 heteroatoms. The Balaban J connectivity index is 1.85. The van der Waals surface area contributed by atoms with Crippen LogP contribution in [0.25, 0.3) is 0 Å². The van der Waals surface area contributed by atoms with Gasteiger partial charge < -0.3 is 24.5 Å². The molecule has 3 amide bonds. The molecule has 0 aliphatic carbocycles. The molecule has 3 saturated heterocycles. The van der Waals surface area contributed by atoms with Gasteiger partial charge in [-0.25, -0.2) is 0 Å².